The Balaban J connectivity index is 0.000000515. The van der Waals surface area contributed by atoms with Gasteiger partial charge in [0.25, 0.3) is 0 Å². The highest BCUT2D eigenvalue weighted by Gasteiger charge is 2.18. The summed E-state index contributed by atoms with van der Waals surface area (Å²) >= 11 is 2.28. The van der Waals surface area contributed by atoms with Gasteiger partial charge in [-0.2, -0.15) is 0 Å². The second-order valence-corrected chi connectivity index (χ2v) is 14.2. The summed E-state index contributed by atoms with van der Waals surface area (Å²) in [5, 5.41) is 8.40. The highest BCUT2D eigenvalue weighted by Crippen LogP contribution is 2.45. The molecule has 0 atom stereocenters. The van der Waals surface area contributed by atoms with Crippen LogP contribution in [0, 0.1) is 3.57 Å². The lowest BCUT2D eigenvalue weighted by Crippen LogP contribution is -1.96. The predicted molar refractivity (Wildman–Crippen MR) is 236 cm³/mol. The summed E-state index contributed by atoms with van der Waals surface area (Å²) in [6.45, 7) is 0. The molecule has 0 saturated heterocycles. The van der Waals surface area contributed by atoms with Gasteiger partial charge in [-0.05, 0) is 143 Å². The molecular formula is C50H37IN2. The predicted octanol–water partition coefficient (Wildman–Crippen LogP) is 14.3. The maximum absolute atomic E-state index is 6.20. The molecule has 0 heterocycles. The SMILES string of the molecule is Ic1ccccc1.Nc1ccccc1Nc1ccc(-c2c3ccccc3c(-c3cc(-c4ccccc4)cc(-c4ccccc4)c3)c3ccccc23)cc1. The van der Waals surface area contributed by atoms with E-state index in [1.165, 1.54) is 69.6 Å². The Morgan fingerprint density at radius 3 is 1.19 bits per heavy atom. The molecule has 3 heteroatoms. The molecule has 0 aliphatic rings. The number of rotatable bonds is 6. The zero-order valence-electron chi connectivity index (χ0n) is 29.1. The van der Waals surface area contributed by atoms with Gasteiger partial charge in [0.1, 0.15) is 0 Å². The van der Waals surface area contributed by atoms with Gasteiger partial charge in [0.15, 0.2) is 0 Å². The highest BCUT2D eigenvalue weighted by atomic mass is 127. The molecule has 3 N–H and O–H groups in total. The molecule has 2 nitrogen and oxygen atoms in total. The first kappa shape index (κ1) is 33.9. The molecule has 0 fully saturated rings. The van der Waals surface area contributed by atoms with Crippen molar-refractivity contribution in [2.45, 2.75) is 0 Å². The van der Waals surface area contributed by atoms with Crippen molar-refractivity contribution in [2.75, 3.05) is 11.1 Å². The number of benzene rings is 9. The first-order valence-electron chi connectivity index (χ1n) is 17.7. The minimum Gasteiger partial charge on any atom is -0.397 e. The molecule has 0 saturated carbocycles. The Bertz CT molecular complexity index is 2520. The van der Waals surface area contributed by atoms with Crippen molar-refractivity contribution in [3.63, 3.8) is 0 Å². The summed E-state index contributed by atoms with van der Waals surface area (Å²) in [5.41, 5.74) is 18.5. The quantitative estimate of drug-likeness (QED) is 0.1000. The van der Waals surface area contributed by atoms with E-state index in [-0.39, 0.29) is 0 Å². The molecule has 0 bridgehead atoms. The van der Waals surface area contributed by atoms with Crippen molar-refractivity contribution < 1.29 is 0 Å². The summed E-state index contributed by atoms with van der Waals surface area (Å²) in [5.74, 6) is 0. The van der Waals surface area contributed by atoms with Crippen molar-refractivity contribution in [3.8, 4) is 44.5 Å². The van der Waals surface area contributed by atoms with E-state index in [0.29, 0.717) is 0 Å². The van der Waals surface area contributed by atoms with Gasteiger partial charge in [-0.15, -0.1) is 0 Å². The number of hydrogen-bond donors (Lipinski definition) is 2. The van der Waals surface area contributed by atoms with E-state index in [4.69, 9.17) is 5.73 Å². The van der Waals surface area contributed by atoms with Crippen LogP contribution in [-0.4, -0.2) is 0 Å². The number of para-hydroxylation sites is 2. The molecular weight excluding hydrogens is 755 g/mol. The highest BCUT2D eigenvalue weighted by molar-refractivity contribution is 14.1. The lowest BCUT2D eigenvalue weighted by molar-refractivity contribution is 1.54. The van der Waals surface area contributed by atoms with Gasteiger partial charge in [-0.25, -0.2) is 0 Å². The second-order valence-electron chi connectivity index (χ2n) is 13.0. The Morgan fingerprint density at radius 2 is 0.736 bits per heavy atom. The van der Waals surface area contributed by atoms with E-state index < -0.39 is 0 Å². The fourth-order valence-electron chi connectivity index (χ4n) is 7.02. The van der Waals surface area contributed by atoms with Gasteiger partial charge < -0.3 is 11.1 Å². The standard InChI is InChI=1S/C44H32N2.C6H5I/c45-41-21-11-12-22-42(41)46-36-25-23-32(24-26-36)43-37-17-7-9-19-39(37)44(40-20-10-8-18-38(40)43)35-28-33(30-13-3-1-4-14-30)27-34(29-35)31-15-5-2-6-16-31;7-6-4-2-1-3-5-6/h1-29,46H,45H2;1-5H. The van der Waals surface area contributed by atoms with Crippen LogP contribution < -0.4 is 11.1 Å². The number of hydrogen-bond acceptors (Lipinski definition) is 2. The van der Waals surface area contributed by atoms with E-state index in [2.05, 4.69) is 192 Å². The third kappa shape index (κ3) is 7.43. The number of halogens is 1. The molecule has 0 aliphatic carbocycles. The average Bonchev–Trinajstić information content (AvgIpc) is 3.22. The molecule has 0 aliphatic heterocycles. The Labute approximate surface area is 324 Å². The van der Waals surface area contributed by atoms with Gasteiger partial charge in [0.05, 0.1) is 11.4 Å². The average molecular weight is 793 g/mol. The summed E-state index contributed by atoms with van der Waals surface area (Å²) in [7, 11) is 0. The monoisotopic (exact) mass is 792 g/mol. The van der Waals surface area contributed by atoms with Crippen molar-refractivity contribution in [1.82, 2.24) is 0 Å². The lowest BCUT2D eigenvalue weighted by Gasteiger charge is -2.19. The lowest BCUT2D eigenvalue weighted by atomic mass is 9.84. The number of fused-ring (bicyclic) bond motifs is 2. The smallest absolute Gasteiger partial charge is 0.0617 e. The molecule has 0 spiro atoms. The summed E-state index contributed by atoms with van der Waals surface area (Å²) in [6, 6.07) is 72.8. The van der Waals surface area contributed by atoms with Gasteiger partial charge in [0.2, 0.25) is 0 Å². The van der Waals surface area contributed by atoms with E-state index in [0.717, 1.165) is 17.1 Å². The second kappa shape index (κ2) is 15.6. The van der Waals surface area contributed by atoms with Crippen LogP contribution >= 0.6 is 22.6 Å². The van der Waals surface area contributed by atoms with Gasteiger partial charge in [-0.1, -0.05) is 152 Å². The van der Waals surface area contributed by atoms with Crippen LogP contribution in [0.5, 0.6) is 0 Å². The van der Waals surface area contributed by atoms with Gasteiger partial charge >= 0.3 is 0 Å². The van der Waals surface area contributed by atoms with Crippen molar-refractivity contribution >= 4 is 61.2 Å². The zero-order valence-corrected chi connectivity index (χ0v) is 31.2. The maximum atomic E-state index is 6.20. The molecule has 53 heavy (non-hydrogen) atoms. The first-order valence-corrected chi connectivity index (χ1v) is 18.8. The van der Waals surface area contributed by atoms with Crippen LogP contribution in [0.2, 0.25) is 0 Å². The number of nitrogens with two attached hydrogens (primary N) is 1. The van der Waals surface area contributed by atoms with Gasteiger partial charge in [0, 0.05) is 9.26 Å². The van der Waals surface area contributed by atoms with E-state index in [1.807, 2.05) is 42.5 Å². The van der Waals surface area contributed by atoms with Crippen LogP contribution in [0.4, 0.5) is 17.1 Å². The van der Waals surface area contributed by atoms with E-state index in [1.54, 1.807) is 0 Å². The van der Waals surface area contributed by atoms with Crippen molar-refractivity contribution in [1.29, 1.82) is 0 Å². The third-order valence-corrected chi connectivity index (χ3v) is 10.2. The van der Waals surface area contributed by atoms with Crippen LogP contribution in [0.25, 0.3) is 66.1 Å². The molecule has 0 amide bonds. The Morgan fingerprint density at radius 1 is 0.340 bits per heavy atom. The summed E-state index contributed by atoms with van der Waals surface area (Å²) in [4.78, 5) is 0. The summed E-state index contributed by atoms with van der Waals surface area (Å²) < 4.78 is 1.29. The number of nitrogens with one attached hydrogen (secondary N) is 1. The molecule has 0 unspecified atom stereocenters. The van der Waals surface area contributed by atoms with Crippen LogP contribution in [-0.2, 0) is 0 Å². The molecule has 0 aromatic heterocycles. The fraction of sp³-hybridized carbons (Fsp3) is 0. The molecule has 9 rings (SSSR count). The fourth-order valence-corrected chi connectivity index (χ4v) is 7.43. The van der Waals surface area contributed by atoms with E-state index >= 15 is 0 Å². The minimum atomic E-state index is 0.728. The number of anilines is 3. The Kier molecular flexibility index (Phi) is 9.99. The Hall–Kier alpha value is -6.17. The molecule has 0 radical (unpaired) electrons. The molecule has 9 aromatic carbocycles. The normalized spacial score (nSPS) is 10.8. The first-order chi connectivity index (χ1) is 26.1. The minimum absolute atomic E-state index is 0.728. The van der Waals surface area contributed by atoms with Crippen LogP contribution in [0.1, 0.15) is 0 Å². The summed E-state index contributed by atoms with van der Waals surface area (Å²) in [6.07, 6.45) is 0. The zero-order chi connectivity index (χ0) is 36.0. The van der Waals surface area contributed by atoms with Crippen molar-refractivity contribution in [3.05, 3.63) is 210 Å². The topological polar surface area (TPSA) is 38.0 Å². The largest absolute Gasteiger partial charge is 0.397 e. The maximum Gasteiger partial charge on any atom is 0.0617 e. The van der Waals surface area contributed by atoms with Crippen molar-refractivity contribution in [2.24, 2.45) is 0 Å². The van der Waals surface area contributed by atoms with E-state index in [9.17, 15) is 0 Å². The number of nitrogen functional groups attached to an aromatic ring is 1. The van der Waals surface area contributed by atoms with Gasteiger partial charge in [-0.3, -0.25) is 0 Å². The molecule has 254 valence electrons. The third-order valence-electron chi connectivity index (χ3n) is 9.51. The molecule has 9 aromatic rings. The van der Waals surface area contributed by atoms with Crippen LogP contribution in [0.3, 0.4) is 0 Å². The van der Waals surface area contributed by atoms with Crippen LogP contribution in [0.15, 0.2) is 206 Å².